The molecule has 2 aromatic rings. The van der Waals surface area contributed by atoms with Crippen molar-refractivity contribution in [2.24, 2.45) is 0 Å². The number of benzene rings is 1. The fraction of sp³-hybridized carbons (Fsp3) is 0.357. The van der Waals surface area contributed by atoms with E-state index in [2.05, 4.69) is 4.98 Å². The van der Waals surface area contributed by atoms with Gasteiger partial charge in [-0.3, -0.25) is 0 Å². The fourth-order valence-corrected chi connectivity index (χ4v) is 5.17. The maximum atomic E-state index is 12.1. The third kappa shape index (κ3) is 2.28. The van der Waals surface area contributed by atoms with Gasteiger partial charge in [-0.25, -0.2) is 13.4 Å². The standard InChI is InChI=1S/C14H15NO3S2/c1-10-9-19-13(15-10)8-14(16)6-7-20(17,18)12-5-3-2-4-11(12)14/h2-5,9,16H,6-8H2,1H3. The van der Waals surface area contributed by atoms with Crippen LogP contribution >= 0.6 is 11.3 Å². The highest BCUT2D eigenvalue weighted by atomic mass is 32.2. The topological polar surface area (TPSA) is 67.3 Å². The lowest BCUT2D eigenvalue weighted by Gasteiger charge is -2.33. The van der Waals surface area contributed by atoms with Crippen LogP contribution in [-0.4, -0.2) is 24.3 Å². The molecule has 4 nitrogen and oxygen atoms in total. The SMILES string of the molecule is Cc1csc(CC2(O)CCS(=O)(=O)c3ccccc32)n1. The van der Waals surface area contributed by atoms with E-state index in [0.29, 0.717) is 12.0 Å². The van der Waals surface area contributed by atoms with Gasteiger partial charge in [-0.1, -0.05) is 18.2 Å². The van der Waals surface area contributed by atoms with Crippen LogP contribution < -0.4 is 0 Å². The van der Waals surface area contributed by atoms with Gasteiger partial charge in [0, 0.05) is 23.1 Å². The minimum Gasteiger partial charge on any atom is -0.385 e. The van der Waals surface area contributed by atoms with Crippen LogP contribution in [0.2, 0.25) is 0 Å². The van der Waals surface area contributed by atoms with Crippen molar-refractivity contribution in [3.05, 3.63) is 45.9 Å². The molecule has 20 heavy (non-hydrogen) atoms. The van der Waals surface area contributed by atoms with E-state index in [4.69, 9.17) is 0 Å². The number of aromatic nitrogens is 1. The summed E-state index contributed by atoms with van der Waals surface area (Å²) >= 11 is 1.50. The molecule has 2 heterocycles. The molecule has 6 heteroatoms. The first kappa shape index (κ1) is 13.7. The molecule has 0 amide bonds. The highest BCUT2D eigenvalue weighted by Gasteiger charge is 2.41. The number of hydrogen-bond donors (Lipinski definition) is 1. The van der Waals surface area contributed by atoms with Crippen molar-refractivity contribution >= 4 is 21.2 Å². The molecule has 0 radical (unpaired) electrons. The first-order valence-corrected chi connectivity index (χ1v) is 8.90. The van der Waals surface area contributed by atoms with Crippen molar-refractivity contribution in [1.82, 2.24) is 4.98 Å². The second-order valence-corrected chi connectivity index (χ2v) is 8.18. The average molecular weight is 309 g/mol. The Morgan fingerprint density at radius 3 is 2.85 bits per heavy atom. The summed E-state index contributed by atoms with van der Waals surface area (Å²) in [4.78, 5) is 4.62. The lowest BCUT2D eigenvalue weighted by atomic mass is 9.87. The summed E-state index contributed by atoms with van der Waals surface area (Å²) < 4.78 is 24.2. The second kappa shape index (κ2) is 4.65. The average Bonchev–Trinajstić information content (AvgIpc) is 2.81. The monoisotopic (exact) mass is 309 g/mol. The summed E-state index contributed by atoms with van der Waals surface area (Å²) in [5.41, 5.74) is 0.274. The van der Waals surface area contributed by atoms with Crippen molar-refractivity contribution in [3.63, 3.8) is 0 Å². The van der Waals surface area contributed by atoms with E-state index in [-0.39, 0.29) is 17.1 Å². The van der Waals surface area contributed by atoms with E-state index >= 15 is 0 Å². The smallest absolute Gasteiger partial charge is 0.178 e. The zero-order chi connectivity index (χ0) is 14.4. The molecular formula is C14H15NO3S2. The van der Waals surface area contributed by atoms with E-state index in [9.17, 15) is 13.5 Å². The molecule has 1 unspecified atom stereocenters. The highest BCUT2D eigenvalue weighted by molar-refractivity contribution is 7.91. The number of fused-ring (bicyclic) bond motifs is 1. The molecule has 1 aliphatic rings. The number of aliphatic hydroxyl groups is 1. The van der Waals surface area contributed by atoms with Crippen molar-refractivity contribution < 1.29 is 13.5 Å². The summed E-state index contributed by atoms with van der Waals surface area (Å²) in [6, 6.07) is 6.72. The zero-order valence-electron chi connectivity index (χ0n) is 11.0. The van der Waals surface area contributed by atoms with Crippen LogP contribution in [0.5, 0.6) is 0 Å². The maximum absolute atomic E-state index is 12.1. The Bertz CT molecular complexity index is 751. The summed E-state index contributed by atoms with van der Waals surface area (Å²) in [5.74, 6) is -0.0229. The zero-order valence-corrected chi connectivity index (χ0v) is 12.7. The molecule has 106 valence electrons. The van der Waals surface area contributed by atoms with Crippen molar-refractivity contribution in [3.8, 4) is 0 Å². The van der Waals surface area contributed by atoms with E-state index < -0.39 is 15.4 Å². The maximum Gasteiger partial charge on any atom is 0.178 e. The van der Waals surface area contributed by atoms with E-state index in [0.717, 1.165) is 10.7 Å². The molecule has 0 saturated carbocycles. The third-order valence-corrected chi connectivity index (χ3v) is 6.35. The lowest BCUT2D eigenvalue weighted by molar-refractivity contribution is 0.0282. The Morgan fingerprint density at radius 2 is 2.15 bits per heavy atom. The Hall–Kier alpha value is -1.24. The van der Waals surface area contributed by atoms with Crippen LogP contribution in [0, 0.1) is 6.92 Å². The van der Waals surface area contributed by atoms with Crippen LogP contribution in [0.3, 0.4) is 0 Å². The van der Waals surface area contributed by atoms with Gasteiger partial charge in [0.25, 0.3) is 0 Å². The summed E-state index contributed by atoms with van der Waals surface area (Å²) in [6.45, 7) is 1.91. The van der Waals surface area contributed by atoms with Crippen molar-refractivity contribution in [2.45, 2.75) is 30.3 Å². The fourth-order valence-electron chi connectivity index (χ4n) is 2.59. The van der Waals surface area contributed by atoms with E-state index in [1.807, 2.05) is 12.3 Å². The molecular weight excluding hydrogens is 294 g/mol. The number of aryl methyl sites for hydroxylation is 1. The van der Waals surface area contributed by atoms with E-state index in [1.165, 1.54) is 11.3 Å². The van der Waals surface area contributed by atoms with Gasteiger partial charge in [-0.2, -0.15) is 0 Å². The van der Waals surface area contributed by atoms with Crippen molar-refractivity contribution in [1.29, 1.82) is 0 Å². The molecule has 1 aromatic heterocycles. The normalized spacial score (nSPS) is 24.3. The number of thiazole rings is 1. The van der Waals surface area contributed by atoms with Gasteiger partial charge in [-0.05, 0) is 19.4 Å². The molecule has 3 rings (SSSR count). The quantitative estimate of drug-likeness (QED) is 0.922. The van der Waals surface area contributed by atoms with Gasteiger partial charge in [0.15, 0.2) is 9.84 Å². The van der Waals surface area contributed by atoms with Gasteiger partial charge < -0.3 is 5.11 Å². The Morgan fingerprint density at radius 1 is 1.40 bits per heavy atom. The lowest BCUT2D eigenvalue weighted by Crippen LogP contribution is -2.37. The number of nitrogens with zero attached hydrogens (tertiary/aromatic N) is 1. The summed E-state index contributed by atoms with van der Waals surface area (Å²) in [7, 11) is -3.28. The molecule has 0 saturated heterocycles. The van der Waals surface area contributed by atoms with Crippen LogP contribution in [0.25, 0.3) is 0 Å². The van der Waals surface area contributed by atoms with Crippen LogP contribution in [0.15, 0.2) is 34.5 Å². The predicted molar refractivity (Wildman–Crippen MR) is 77.6 cm³/mol. The first-order valence-electron chi connectivity index (χ1n) is 6.36. The van der Waals surface area contributed by atoms with Gasteiger partial charge in [0.05, 0.1) is 21.3 Å². The molecule has 1 atom stereocenters. The molecule has 1 N–H and O–H groups in total. The first-order chi connectivity index (χ1) is 9.41. The Kier molecular flexibility index (Phi) is 3.19. The van der Waals surface area contributed by atoms with Crippen LogP contribution in [0.1, 0.15) is 22.7 Å². The molecule has 1 aromatic carbocycles. The van der Waals surface area contributed by atoms with Gasteiger partial charge >= 0.3 is 0 Å². The van der Waals surface area contributed by atoms with Crippen LogP contribution in [-0.2, 0) is 21.9 Å². The van der Waals surface area contributed by atoms with Gasteiger partial charge in [0.1, 0.15) is 0 Å². The molecule has 0 bridgehead atoms. The minimum atomic E-state index is -3.28. The number of hydrogen-bond acceptors (Lipinski definition) is 5. The van der Waals surface area contributed by atoms with Crippen LogP contribution in [0.4, 0.5) is 0 Å². The molecule has 0 fully saturated rings. The molecule has 0 spiro atoms. The summed E-state index contributed by atoms with van der Waals surface area (Å²) in [5, 5.41) is 13.7. The Balaban J connectivity index is 2.06. The number of rotatable bonds is 2. The number of sulfone groups is 1. The third-order valence-electron chi connectivity index (χ3n) is 3.62. The largest absolute Gasteiger partial charge is 0.385 e. The van der Waals surface area contributed by atoms with E-state index in [1.54, 1.807) is 24.3 Å². The minimum absolute atomic E-state index is 0.0229. The van der Waals surface area contributed by atoms with Gasteiger partial charge in [-0.15, -0.1) is 11.3 Å². The summed E-state index contributed by atoms with van der Waals surface area (Å²) in [6.07, 6.45) is 0.572. The molecule has 1 aliphatic heterocycles. The van der Waals surface area contributed by atoms with Crippen molar-refractivity contribution in [2.75, 3.05) is 5.75 Å². The Labute approximate surface area is 122 Å². The van der Waals surface area contributed by atoms with Gasteiger partial charge in [0.2, 0.25) is 0 Å². The molecule has 0 aliphatic carbocycles. The highest BCUT2D eigenvalue weighted by Crippen LogP contribution is 2.39. The second-order valence-electron chi connectivity index (χ2n) is 5.16. The predicted octanol–water partition coefficient (Wildman–Crippen LogP) is 2.06.